The standard InChI is InChI=1S/C13H13ClFN3/c1-9-12(14)16-8-17-13(9)18(2)7-10-5-3-4-6-11(10)15/h3-6,8H,7H2,1-2H3. The van der Waals surface area contributed by atoms with Crippen LogP contribution in [0, 0.1) is 12.7 Å². The molecule has 0 spiro atoms. The number of aromatic nitrogens is 2. The molecule has 3 nitrogen and oxygen atoms in total. The van der Waals surface area contributed by atoms with Crippen molar-refractivity contribution in [3.8, 4) is 0 Å². The lowest BCUT2D eigenvalue weighted by molar-refractivity contribution is 0.607. The largest absolute Gasteiger partial charge is 0.355 e. The van der Waals surface area contributed by atoms with Crippen LogP contribution in [-0.2, 0) is 6.54 Å². The third-order valence-electron chi connectivity index (χ3n) is 2.72. The predicted octanol–water partition coefficient (Wildman–Crippen LogP) is 3.21. The van der Waals surface area contributed by atoms with Crippen molar-refractivity contribution in [1.29, 1.82) is 0 Å². The molecule has 1 aromatic carbocycles. The topological polar surface area (TPSA) is 29.0 Å². The van der Waals surface area contributed by atoms with E-state index < -0.39 is 0 Å². The van der Waals surface area contributed by atoms with Crippen molar-refractivity contribution in [2.75, 3.05) is 11.9 Å². The van der Waals surface area contributed by atoms with E-state index in [9.17, 15) is 4.39 Å². The highest BCUT2D eigenvalue weighted by molar-refractivity contribution is 6.30. The monoisotopic (exact) mass is 265 g/mol. The number of nitrogens with zero attached hydrogens (tertiary/aromatic N) is 3. The van der Waals surface area contributed by atoms with Gasteiger partial charge in [-0.05, 0) is 13.0 Å². The van der Waals surface area contributed by atoms with Gasteiger partial charge in [-0.2, -0.15) is 0 Å². The van der Waals surface area contributed by atoms with Gasteiger partial charge in [-0.15, -0.1) is 0 Å². The highest BCUT2D eigenvalue weighted by atomic mass is 35.5. The summed E-state index contributed by atoms with van der Waals surface area (Å²) in [6.45, 7) is 2.27. The molecule has 0 fully saturated rings. The summed E-state index contributed by atoms with van der Waals surface area (Å²) in [5.41, 5.74) is 1.41. The molecule has 1 heterocycles. The molecule has 94 valence electrons. The molecule has 1 aromatic heterocycles. The predicted molar refractivity (Wildman–Crippen MR) is 70.3 cm³/mol. The fraction of sp³-hybridized carbons (Fsp3) is 0.231. The molecule has 5 heteroatoms. The Morgan fingerprint density at radius 3 is 2.72 bits per heavy atom. The van der Waals surface area contributed by atoms with Crippen LogP contribution in [0.25, 0.3) is 0 Å². The molecule has 0 saturated carbocycles. The maximum Gasteiger partial charge on any atom is 0.137 e. The molecule has 0 N–H and O–H groups in total. The number of halogens is 2. The van der Waals surface area contributed by atoms with Crippen molar-refractivity contribution < 1.29 is 4.39 Å². The minimum atomic E-state index is -0.220. The maximum absolute atomic E-state index is 13.6. The third kappa shape index (κ3) is 2.59. The van der Waals surface area contributed by atoms with Gasteiger partial charge in [-0.3, -0.25) is 0 Å². The van der Waals surface area contributed by atoms with Crippen LogP contribution in [0.2, 0.25) is 5.15 Å². The van der Waals surface area contributed by atoms with Gasteiger partial charge in [0.25, 0.3) is 0 Å². The smallest absolute Gasteiger partial charge is 0.137 e. The molecule has 0 aliphatic heterocycles. The van der Waals surface area contributed by atoms with Crippen molar-refractivity contribution in [1.82, 2.24) is 9.97 Å². The zero-order valence-corrected chi connectivity index (χ0v) is 10.9. The zero-order chi connectivity index (χ0) is 13.1. The number of hydrogen-bond donors (Lipinski definition) is 0. The van der Waals surface area contributed by atoms with E-state index in [0.717, 1.165) is 5.56 Å². The van der Waals surface area contributed by atoms with Crippen LogP contribution in [-0.4, -0.2) is 17.0 Å². The first-order valence-electron chi connectivity index (χ1n) is 5.51. The van der Waals surface area contributed by atoms with Gasteiger partial charge in [-0.1, -0.05) is 29.8 Å². The summed E-state index contributed by atoms with van der Waals surface area (Å²) in [6, 6.07) is 6.69. The molecule has 0 unspecified atom stereocenters. The Balaban J connectivity index is 2.25. The average Bonchev–Trinajstić information content (AvgIpc) is 2.35. The normalized spacial score (nSPS) is 10.4. The fourth-order valence-electron chi connectivity index (χ4n) is 1.76. The van der Waals surface area contributed by atoms with E-state index in [0.29, 0.717) is 23.1 Å². The summed E-state index contributed by atoms with van der Waals surface area (Å²) < 4.78 is 13.6. The summed E-state index contributed by atoms with van der Waals surface area (Å²) in [6.07, 6.45) is 1.41. The molecule has 0 aliphatic carbocycles. The molecule has 0 radical (unpaired) electrons. The molecular weight excluding hydrogens is 253 g/mol. The second kappa shape index (κ2) is 5.31. The molecule has 18 heavy (non-hydrogen) atoms. The van der Waals surface area contributed by atoms with Gasteiger partial charge in [0.2, 0.25) is 0 Å². The van der Waals surface area contributed by atoms with Crippen LogP contribution in [0.1, 0.15) is 11.1 Å². The third-order valence-corrected chi connectivity index (χ3v) is 3.10. The van der Waals surface area contributed by atoms with Gasteiger partial charge in [-0.25, -0.2) is 14.4 Å². The molecule has 2 aromatic rings. The van der Waals surface area contributed by atoms with E-state index >= 15 is 0 Å². The molecule has 0 atom stereocenters. The molecular formula is C13H13ClFN3. The van der Waals surface area contributed by atoms with Gasteiger partial charge < -0.3 is 4.90 Å². The van der Waals surface area contributed by atoms with Gasteiger partial charge in [0.1, 0.15) is 23.1 Å². The van der Waals surface area contributed by atoms with Crippen molar-refractivity contribution >= 4 is 17.4 Å². The second-order valence-corrected chi connectivity index (χ2v) is 4.42. The molecule has 0 saturated heterocycles. The lowest BCUT2D eigenvalue weighted by Crippen LogP contribution is -2.19. The highest BCUT2D eigenvalue weighted by Crippen LogP contribution is 2.22. The average molecular weight is 266 g/mol. The van der Waals surface area contributed by atoms with Crippen molar-refractivity contribution in [2.45, 2.75) is 13.5 Å². The molecule has 2 rings (SSSR count). The first kappa shape index (κ1) is 12.8. The Hall–Kier alpha value is -1.68. The molecule has 0 aliphatic rings. The number of anilines is 1. The van der Waals surface area contributed by atoms with Gasteiger partial charge in [0, 0.05) is 24.7 Å². The van der Waals surface area contributed by atoms with E-state index in [1.165, 1.54) is 12.4 Å². The van der Waals surface area contributed by atoms with Crippen LogP contribution >= 0.6 is 11.6 Å². The van der Waals surface area contributed by atoms with Crippen molar-refractivity contribution in [2.24, 2.45) is 0 Å². The van der Waals surface area contributed by atoms with E-state index in [-0.39, 0.29) is 5.82 Å². The van der Waals surface area contributed by atoms with Gasteiger partial charge >= 0.3 is 0 Å². The lowest BCUT2D eigenvalue weighted by atomic mass is 10.2. The SMILES string of the molecule is Cc1c(Cl)ncnc1N(C)Cc1ccccc1F. The van der Waals surface area contributed by atoms with Crippen LogP contribution in [0.4, 0.5) is 10.2 Å². The van der Waals surface area contributed by atoms with E-state index in [2.05, 4.69) is 9.97 Å². The first-order valence-corrected chi connectivity index (χ1v) is 5.89. The maximum atomic E-state index is 13.6. The number of benzene rings is 1. The van der Waals surface area contributed by atoms with Crippen LogP contribution in [0.3, 0.4) is 0 Å². The van der Waals surface area contributed by atoms with E-state index in [1.54, 1.807) is 12.1 Å². The molecule has 0 bridgehead atoms. The Bertz CT molecular complexity index is 560. The highest BCUT2D eigenvalue weighted by Gasteiger charge is 2.11. The number of rotatable bonds is 3. The minimum absolute atomic E-state index is 0.220. The lowest BCUT2D eigenvalue weighted by Gasteiger charge is -2.20. The van der Waals surface area contributed by atoms with Gasteiger partial charge in [0.15, 0.2) is 0 Å². The van der Waals surface area contributed by atoms with Crippen molar-refractivity contribution in [3.05, 3.63) is 52.7 Å². The van der Waals surface area contributed by atoms with Gasteiger partial charge in [0.05, 0.1) is 0 Å². The summed E-state index contributed by atoms with van der Waals surface area (Å²) in [5.74, 6) is 0.486. The Morgan fingerprint density at radius 2 is 2.00 bits per heavy atom. The summed E-state index contributed by atoms with van der Waals surface area (Å²) in [4.78, 5) is 9.92. The summed E-state index contributed by atoms with van der Waals surface area (Å²) >= 11 is 5.94. The summed E-state index contributed by atoms with van der Waals surface area (Å²) in [7, 11) is 1.85. The second-order valence-electron chi connectivity index (χ2n) is 4.06. The quantitative estimate of drug-likeness (QED) is 0.798. The van der Waals surface area contributed by atoms with Crippen LogP contribution in [0.15, 0.2) is 30.6 Å². The fourth-order valence-corrected chi connectivity index (χ4v) is 1.89. The zero-order valence-electron chi connectivity index (χ0n) is 10.2. The first-order chi connectivity index (χ1) is 8.59. The Morgan fingerprint density at radius 1 is 1.28 bits per heavy atom. The Kier molecular flexibility index (Phi) is 3.77. The Labute approximate surface area is 110 Å². The van der Waals surface area contributed by atoms with E-state index in [1.807, 2.05) is 24.9 Å². The van der Waals surface area contributed by atoms with E-state index in [4.69, 9.17) is 11.6 Å². The minimum Gasteiger partial charge on any atom is -0.355 e. The summed E-state index contributed by atoms with van der Waals surface area (Å²) in [5, 5.41) is 0.417. The van der Waals surface area contributed by atoms with Crippen LogP contribution in [0.5, 0.6) is 0 Å². The van der Waals surface area contributed by atoms with Crippen LogP contribution < -0.4 is 4.90 Å². The number of hydrogen-bond acceptors (Lipinski definition) is 3. The van der Waals surface area contributed by atoms with Crippen molar-refractivity contribution in [3.63, 3.8) is 0 Å². The molecule has 0 amide bonds.